The van der Waals surface area contributed by atoms with Crippen molar-refractivity contribution in [1.82, 2.24) is 15.2 Å². The summed E-state index contributed by atoms with van der Waals surface area (Å²) in [6.07, 6.45) is 3.88. The van der Waals surface area contributed by atoms with Crippen LogP contribution in [0.1, 0.15) is 23.2 Å². The number of carbonyl (C=O) groups excluding carboxylic acids is 1. The number of ether oxygens (including phenoxy) is 2. The molecule has 1 N–H and O–H groups in total. The summed E-state index contributed by atoms with van der Waals surface area (Å²) in [6, 6.07) is 3.85. The molecule has 0 bridgehead atoms. The molecule has 0 aromatic carbocycles. The first-order valence-electron chi connectivity index (χ1n) is 7.27. The van der Waals surface area contributed by atoms with Gasteiger partial charge in [0.05, 0.1) is 13.7 Å². The van der Waals surface area contributed by atoms with Gasteiger partial charge < -0.3 is 19.7 Å². The number of methoxy groups -OCH3 is 2. The number of hydrogen-bond donors (Lipinski definition) is 1. The van der Waals surface area contributed by atoms with Gasteiger partial charge in [0.15, 0.2) is 0 Å². The summed E-state index contributed by atoms with van der Waals surface area (Å²) in [5.41, 5.74) is 0.495. The van der Waals surface area contributed by atoms with Gasteiger partial charge in [-0.25, -0.2) is 4.98 Å². The van der Waals surface area contributed by atoms with Crippen molar-refractivity contribution in [1.29, 1.82) is 0 Å². The number of nitrogens with one attached hydrogen (secondary N) is 1. The Morgan fingerprint density at radius 2 is 2.38 bits per heavy atom. The number of hydrogen-bond acceptors (Lipinski definition) is 5. The standard InChI is InChI=1S/C15H23N3O3/c1-20-10-9-18(11-12-5-3-7-16-12)15(19)13-6-4-8-17-14(13)21-2/h4,6,8,12,16H,3,5,7,9-11H2,1-2H3. The van der Waals surface area contributed by atoms with Crippen LogP contribution in [-0.2, 0) is 4.74 Å². The highest BCUT2D eigenvalue weighted by Crippen LogP contribution is 2.17. The van der Waals surface area contributed by atoms with Crippen LogP contribution in [0.25, 0.3) is 0 Å². The molecule has 1 atom stereocenters. The zero-order valence-electron chi connectivity index (χ0n) is 12.7. The molecule has 1 unspecified atom stereocenters. The molecule has 1 amide bonds. The SMILES string of the molecule is COCCN(CC1CCCN1)C(=O)c1cccnc1OC. The van der Waals surface area contributed by atoms with Crippen LogP contribution in [0.4, 0.5) is 0 Å². The normalized spacial score (nSPS) is 17.7. The molecule has 1 aromatic heterocycles. The lowest BCUT2D eigenvalue weighted by Gasteiger charge is -2.26. The first-order valence-corrected chi connectivity index (χ1v) is 7.27. The molecule has 0 saturated carbocycles. The first-order chi connectivity index (χ1) is 10.3. The molecule has 0 aliphatic carbocycles. The Balaban J connectivity index is 2.11. The molecule has 1 aromatic rings. The summed E-state index contributed by atoms with van der Waals surface area (Å²) in [5.74, 6) is 0.301. The third kappa shape index (κ3) is 4.15. The number of pyridine rings is 1. The summed E-state index contributed by atoms with van der Waals surface area (Å²) in [7, 11) is 3.16. The van der Waals surface area contributed by atoms with E-state index in [1.165, 1.54) is 7.11 Å². The number of amides is 1. The molecule has 6 nitrogen and oxygen atoms in total. The van der Waals surface area contributed by atoms with E-state index in [1.807, 2.05) is 4.90 Å². The summed E-state index contributed by atoms with van der Waals surface area (Å²) in [4.78, 5) is 18.6. The van der Waals surface area contributed by atoms with Crippen molar-refractivity contribution in [2.24, 2.45) is 0 Å². The number of nitrogens with zero attached hydrogens (tertiary/aromatic N) is 2. The van der Waals surface area contributed by atoms with Gasteiger partial charge in [-0.3, -0.25) is 4.79 Å². The molecule has 0 radical (unpaired) electrons. The molecular weight excluding hydrogens is 270 g/mol. The van der Waals surface area contributed by atoms with Crippen molar-refractivity contribution < 1.29 is 14.3 Å². The highest BCUT2D eigenvalue weighted by molar-refractivity contribution is 5.96. The lowest BCUT2D eigenvalue weighted by Crippen LogP contribution is -2.42. The zero-order valence-corrected chi connectivity index (χ0v) is 12.7. The lowest BCUT2D eigenvalue weighted by molar-refractivity contribution is 0.0675. The fourth-order valence-corrected chi connectivity index (χ4v) is 2.54. The van der Waals surface area contributed by atoms with Crippen LogP contribution in [-0.4, -0.2) is 62.3 Å². The number of rotatable bonds is 7. The second-order valence-corrected chi connectivity index (χ2v) is 5.10. The van der Waals surface area contributed by atoms with Crippen LogP contribution in [0.5, 0.6) is 5.88 Å². The molecule has 2 heterocycles. The van der Waals surface area contributed by atoms with Gasteiger partial charge in [-0.2, -0.15) is 0 Å². The number of carbonyl (C=O) groups is 1. The van der Waals surface area contributed by atoms with Gasteiger partial charge in [-0.15, -0.1) is 0 Å². The predicted molar refractivity (Wildman–Crippen MR) is 79.6 cm³/mol. The Hall–Kier alpha value is -1.66. The maximum absolute atomic E-state index is 12.7. The van der Waals surface area contributed by atoms with Crippen molar-refractivity contribution in [3.63, 3.8) is 0 Å². The quantitative estimate of drug-likeness (QED) is 0.810. The Labute approximate surface area is 125 Å². The fraction of sp³-hybridized carbons (Fsp3) is 0.600. The Morgan fingerprint density at radius 3 is 3.05 bits per heavy atom. The molecule has 0 spiro atoms. The van der Waals surface area contributed by atoms with E-state index in [9.17, 15) is 4.79 Å². The zero-order chi connectivity index (χ0) is 15.1. The summed E-state index contributed by atoms with van der Waals surface area (Å²) in [5, 5.41) is 3.42. The van der Waals surface area contributed by atoms with Crippen molar-refractivity contribution in [2.75, 3.05) is 40.5 Å². The van der Waals surface area contributed by atoms with Crippen LogP contribution in [0.15, 0.2) is 18.3 Å². The van der Waals surface area contributed by atoms with Gasteiger partial charge in [-0.05, 0) is 31.5 Å². The van der Waals surface area contributed by atoms with Gasteiger partial charge in [0, 0.05) is 32.4 Å². The highest BCUT2D eigenvalue weighted by Gasteiger charge is 2.24. The predicted octanol–water partition coefficient (Wildman–Crippen LogP) is 0.931. The van der Waals surface area contributed by atoms with Gasteiger partial charge >= 0.3 is 0 Å². The van der Waals surface area contributed by atoms with E-state index >= 15 is 0 Å². The molecule has 2 rings (SSSR count). The summed E-state index contributed by atoms with van der Waals surface area (Å²) in [6.45, 7) is 2.78. The minimum absolute atomic E-state index is 0.0642. The molecular formula is C15H23N3O3. The largest absolute Gasteiger partial charge is 0.480 e. The van der Waals surface area contributed by atoms with E-state index in [0.717, 1.165) is 19.4 Å². The van der Waals surface area contributed by atoms with Gasteiger partial charge in [0.25, 0.3) is 5.91 Å². The monoisotopic (exact) mass is 293 g/mol. The van der Waals surface area contributed by atoms with Crippen molar-refractivity contribution >= 4 is 5.91 Å². The van der Waals surface area contributed by atoms with E-state index in [0.29, 0.717) is 37.2 Å². The lowest BCUT2D eigenvalue weighted by atomic mass is 10.2. The van der Waals surface area contributed by atoms with Crippen LogP contribution < -0.4 is 10.1 Å². The molecule has 1 saturated heterocycles. The Morgan fingerprint density at radius 1 is 1.52 bits per heavy atom. The molecule has 1 aliphatic rings. The first kappa shape index (κ1) is 15.7. The van der Waals surface area contributed by atoms with Crippen molar-refractivity contribution in [3.8, 4) is 5.88 Å². The van der Waals surface area contributed by atoms with Crippen LogP contribution in [0, 0.1) is 0 Å². The smallest absolute Gasteiger partial charge is 0.259 e. The maximum Gasteiger partial charge on any atom is 0.259 e. The van der Waals surface area contributed by atoms with E-state index in [2.05, 4.69) is 10.3 Å². The van der Waals surface area contributed by atoms with Crippen LogP contribution in [0.3, 0.4) is 0 Å². The van der Waals surface area contributed by atoms with Crippen molar-refractivity contribution in [2.45, 2.75) is 18.9 Å². The minimum Gasteiger partial charge on any atom is -0.480 e. The number of aromatic nitrogens is 1. The average molecular weight is 293 g/mol. The van der Waals surface area contributed by atoms with Gasteiger partial charge in [-0.1, -0.05) is 0 Å². The third-order valence-electron chi connectivity index (χ3n) is 3.65. The van der Waals surface area contributed by atoms with E-state index < -0.39 is 0 Å². The maximum atomic E-state index is 12.7. The van der Waals surface area contributed by atoms with E-state index in [-0.39, 0.29) is 5.91 Å². The highest BCUT2D eigenvalue weighted by atomic mass is 16.5. The molecule has 116 valence electrons. The fourth-order valence-electron chi connectivity index (χ4n) is 2.54. The van der Waals surface area contributed by atoms with Gasteiger partial charge in [0.2, 0.25) is 5.88 Å². The van der Waals surface area contributed by atoms with E-state index in [4.69, 9.17) is 9.47 Å². The van der Waals surface area contributed by atoms with Crippen LogP contribution in [0.2, 0.25) is 0 Å². The molecule has 1 fully saturated rings. The minimum atomic E-state index is -0.0642. The van der Waals surface area contributed by atoms with E-state index in [1.54, 1.807) is 25.4 Å². The second kappa shape index (κ2) is 7.95. The Kier molecular flexibility index (Phi) is 5.95. The molecule has 21 heavy (non-hydrogen) atoms. The van der Waals surface area contributed by atoms with Crippen molar-refractivity contribution in [3.05, 3.63) is 23.9 Å². The van der Waals surface area contributed by atoms with Crippen LogP contribution >= 0.6 is 0 Å². The Bertz CT molecular complexity index is 461. The second-order valence-electron chi connectivity index (χ2n) is 5.10. The molecule has 6 heteroatoms. The van der Waals surface area contributed by atoms with Gasteiger partial charge in [0.1, 0.15) is 5.56 Å². The third-order valence-corrected chi connectivity index (χ3v) is 3.65. The molecule has 1 aliphatic heterocycles. The summed E-state index contributed by atoms with van der Waals surface area (Å²) >= 11 is 0. The summed E-state index contributed by atoms with van der Waals surface area (Å²) < 4.78 is 10.3. The topological polar surface area (TPSA) is 63.7 Å². The average Bonchev–Trinajstić information content (AvgIpc) is 3.03.